The van der Waals surface area contributed by atoms with Crippen LogP contribution >= 0.6 is 0 Å². The van der Waals surface area contributed by atoms with E-state index in [2.05, 4.69) is 0 Å². The second-order valence-corrected chi connectivity index (χ2v) is 5.56. The molecule has 1 aromatic heterocycles. The Bertz CT molecular complexity index is 665. The van der Waals surface area contributed by atoms with Gasteiger partial charge in [-0.15, -0.1) is 0 Å². The Kier molecular flexibility index (Phi) is 7.22. The monoisotopic (exact) mass is 344 g/mol. The number of carbonyl (C=O) groups is 2. The van der Waals surface area contributed by atoms with Crippen LogP contribution in [0.1, 0.15) is 30.1 Å². The standard InChI is InChI=1S/C19H24N2O4/c1-2-25-18(23)10-14-21(13-5-15-22)19(24)16-6-8-17(9-7-16)20-11-3-4-12-20/h3-4,6-9,11-12,22H,2,5,10,13-15H2,1H3. The van der Waals surface area contributed by atoms with Gasteiger partial charge in [-0.2, -0.15) is 0 Å². The largest absolute Gasteiger partial charge is 0.466 e. The summed E-state index contributed by atoms with van der Waals surface area (Å²) < 4.78 is 6.87. The van der Waals surface area contributed by atoms with Crippen molar-refractivity contribution in [3.63, 3.8) is 0 Å². The molecule has 6 heteroatoms. The molecule has 0 aliphatic heterocycles. The fourth-order valence-electron chi connectivity index (χ4n) is 2.50. The van der Waals surface area contributed by atoms with Gasteiger partial charge < -0.3 is 19.3 Å². The normalized spacial score (nSPS) is 10.5. The molecule has 1 aromatic carbocycles. The zero-order chi connectivity index (χ0) is 18.1. The average molecular weight is 344 g/mol. The lowest BCUT2D eigenvalue weighted by molar-refractivity contribution is -0.143. The molecule has 0 aliphatic rings. The van der Waals surface area contributed by atoms with E-state index in [1.807, 2.05) is 41.2 Å². The molecule has 1 heterocycles. The van der Waals surface area contributed by atoms with Gasteiger partial charge in [0.2, 0.25) is 0 Å². The quantitative estimate of drug-likeness (QED) is 0.708. The van der Waals surface area contributed by atoms with E-state index in [9.17, 15) is 9.59 Å². The maximum atomic E-state index is 12.7. The number of amides is 1. The third kappa shape index (κ3) is 5.46. The van der Waals surface area contributed by atoms with Crippen LogP contribution in [0, 0.1) is 0 Å². The highest BCUT2D eigenvalue weighted by atomic mass is 16.5. The second kappa shape index (κ2) is 9.64. The fourth-order valence-corrected chi connectivity index (χ4v) is 2.50. The summed E-state index contributed by atoms with van der Waals surface area (Å²) in [6, 6.07) is 11.2. The molecular formula is C19H24N2O4. The van der Waals surface area contributed by atoms with Gasteiger partial charge in [-0.1, -0.05) is 0 Å². The lowest BCUT2D eigenvalue weighted by Gasteiger charge is -2.22. The number of hydrogen-bond donors (Lipinski definition) is 1. The van der Waals surface area contributed by atoms with Gasteiger partial charge >= 0.3 is 5.97 Å². The first kappa shape index (κ1) is 18.7. The molecule has 1 N–H and O–H groups in total. The Labute approximate surface area is 147 Å². The van der Waals surface area contributed by atoms with E-state index in [1.54, 1.807) is 24.0 Å². The molecule has 2 aromatic rings. The van der Waals surface area contributed by atoms with Crippen molar-refractivity contribution >= 4 is 11.9 Å². The highest BCUT2D eigenvalue weighted by molar-refractivity contribution is 5.94. The number of carbonyl (C=O) groups excluding carboxylic acids is 2. The molecule has 0 atom stereocenters. The van der Waals surface area contributed by atoms with Crippen molar-refractivity contribution in [3.8, 4) is 5.69 Å². The molecule has 0 aliphatic carbocycles. The zero-order valence-corrected chi connectivity index (χ0v) is 14.4. The third-order valence-electron chi connectivity index (χ3n) is 3.78. The number of aromatic nitrogens is 1. The SMILES string of the molecule is CCOC(=O)CCN(CCCO)C(=O)c1ccc(-n2cccc2)cc1. The minimum atomic E-state index is -0.327. The van der Waals surface area contributed by atoms with Gasteiger partial charge in [0, 0.05) is 43.3 Å². The van der Waals surface area contributed by atoms with Gasteiger partial charge in [-0.05, 0) is 49.7 Å². The summed E-state index contributed by atoms with van der Waals surface area (Å²) in [5.74, 6) is -0.482. The van der Waals surface area contributed by atoms with Crippen molar-refractivity contribution in [2.75, 3.05) is 26.3 Å². The molecule has 1 amide bonds. The van der Waals surface area contributed by atoms with E-state index >= 15 is 0 Å². The Morgan fingerprint density at radius 1 is 1.12 bits per heavy atom. The first-order chi connectivity index (χ1) is 12.2. The minimum absolute atomic E-state index is 0.00421. The molecular weight excluding hydrogens is 320 g/mol. The van der Waals surface area contributed by atoms with Gasteiger partial charge in [-0.3, -0.25) is 9.59 Å². The molecule has 25 heavy (non-hydrogen) atoms. The van der Waals surface area contributed by atoms with Crippen LogP contribution < -0.4 is 0 Å². The fraction of sp³-hybridized carbons (Fsp3) is 0.368. The Hall–Kier alpha value is -2.60. The number of hydrogen-bond acceptors (Lipinski definition) is 4. The van der Waals surface area contributed by atoms with E-state index in [0.29, 0.717) is 25.1 Å². The number of ether oxygens (including phenoxy) is 1. The summed E-state index contributed by atoms with van der Waals surface area (Å²) in [6.07, 6.45) is 4.48. The Morgan fingerprint density at radius 2 is 1.80 bits per heavy atom. The van der Waals surface area contributed by atoms with Gasteiger partial charge in [0.25, 0.3) is 5.91 Å². The van der Waals surface area contributed by atoms with E-state index in [4.69, 9.17) is 9.84 Å². The average Bonchev–Trinajstić information content (AvgIpc) is 3.16. The lowest BCUT2D eigenvalue weighted by atomic mass is 10.1. The number of benzene rings is 1. The predicted octanol–water partition coefficient (Wildman–Crippen LogP) is 2.26. The highest BCUT2D eigenvalue weighted by Crippen LogP contribution is 2.12. The molecule has 0 saturated heterocycles. The van der Waals surface area contributed by atoms with Crippen molar-refractivity contribution in [1.29, 1.82) is 0 Å². The summed E-state index contributed by atoms with van der Waals surface area (Å²) >= 11 is 0. The molecule has 0 unspecified atom stereocenters. The highest BCUT2D eigenvalue weighted by Gasteiger charge is 2.17. The van der Waals surface area contributed by atoms with Gasteiger partial charge in [0.1, 0.15) is 0 Å². The topological polar surface area (TPSA) is 71.8 Å². The van der Waals surface area contributed by atoms with Crippen LogP contribution in [0.25, 0.3) is 5.69 Å². The molecule has 0 bridgehead atoms. The van der Waals surface area contributed by atoms with Crippen molar-refractivity contribution in [1.82, 2.24) is 9.47 Å². The summed E-state index contributed by atoms with van der Waals surface area (Å²) in [5, 5.41) is 9.04. The Balaban J connectivity index is 2.05. The van der Waals surface area contributed by atoms with Crippen LogP contribution in [0.3, 0.4) is 0 Å². The molecule has 0 spiro atoms. The van der Waals surface area contributed by atoms with E-state index < -0.39 is 0 Å². The van der Waals surface area contributed by atoms with Gasteiger partial charge in [0.05, 0.1) is 13.0 Å². The molecule has 0 radical (unpaired) electrons. The molecule has 6 nitrogen and oxygen atoms in total. The van der Waals surface area contributed by atoms with Gasteiger partial charge in [-0.25, -0.2) is 0 Å². The van der Waals surface area contributed by atoms with Crippen LogP contribution in [0.4, 0.5) is 0 Å². The van der Waals surface area contributed by atoms with Crippen molar-refractivity contribution in [2.45, 2.75) is 19.8 Å². The van der Waals surface area contributed by atoms with Crippen molar-refractivity contribution in [2.24, 2.45) is 0 Å². The van der Waals surface area contributed by atoms with Crippen LogP contribution in [0.5, 0.6) is 0 Å². The van der Waals surface area contributed by atoms with Crippen LogP contribution in [-0.4, -0.2) is 52.8 Å². The van der Waals surface area contributed by atoms with E-state index in [1.165, 1.54) is 0 Å². The molecule has 2 rings (SSSR count). The Morgan fingerprint density at radius 3 is 2.40 bits per heavy atom. The number of esters is 1. The van der Waals surface area contributed by atoms with Crippen LogP contribution in [0.15, 0.2) is 48.8 Å². The van der Waals surface area contributed by atoms with Crippen LogP contribution in [0.2, 0.25) is 0 Å². The number of aliphatic hydroxyl groups is 1. The number of nitrogens with zero attached hydrogens (tertiary/aromatic N) is 2. The molecule has 134 valence electrons. The first-order valence-corrected chi connectivity index (χ1v) is 8.45. The van der Waals surface area contributed by atoms with E-state index in [-0.39, 0.29) is 31.4 Å². The lowest BCUT2D eigenvalue weighted by Crippen LogP contribution is -2.34. The van der Waals surface area contributed by atoms with Crippen LogP contribution in [-0.2, 0) is 9.53 Å². The smallest absolute Gasteiger partial charge is 0.307 e. The summed E-state index contributed by atoms with van der Waals surface area (Å²) in [7, 11) is 0. The van der Waals surface area contributed by atoms with Crippen molar-refractivity contribution in [3.05, 3.63) is 54.4 Å². The third-order valence-corrected chi connectivity index (χ3v) is 3.78. The van der Waals surface area contributed by atoms with Crippen molar-refractivity contribution < 1.29 is 19.4 Å². The van der Waals surface area contributed by atoms with Gasteiger partial charge in [0.15, 0.2) is 0 Å². The zero-order valence-electron chi connectivity index (χ0n) is 14.4. The predicted molar refractivity (Wildman–Crippen MR) is 94.6 cm³/mol. The number of rotatable bonds is 9. The molecule has 0 fully saturated rings. The maximum absolute atomic E-state index is 12.7. The summed E-state index contributed by atoms with van der Waals surface area (Å²) in [5.41, 5.74) is 1.52. The number of aliphatic hydroxyl groups excluding tert-OH is 1. The molecule has 0 saturated carbocycles. The van der Waals surface area contributed by atoms with E-state index in [0.717, 1.165) is 5.69 Å². The maximum Gasteiger partial charge on any atom is 0.307 e. The minimum Gasteiger partial charge on any atom is -0.466 e. The first-order valence-electron chi connectivity index (χ1n) is 8.45. The second-order valence-electron chi connectivity index (χ2n) is 5.56. The summed E-state index contributed by atoms with van der Waals surface area (Å²) in [4.78, 5) is 25.8. The summed E-state index contributed by atoms with van der Waals surface area (Å²) in [6.45, 7) is 2.74.